The average molecular weight is 154 g/mol. The van der Waals surface area contributed by atoms with Crippen LogP contribution in [0.4, 0.5) is 0 Å². The molecule has 0 unspecified atom stereocenters. The Bertz CT molecular complexity index is 68.0. The second kappa shape index (κ2) is 10.7. The highest BCUT2D eigenvalue weighted by molar-refractivity contribution is 6.17. The van der Waals surface area contributed by atoms with E-state index in [0.29, 0.717) is 0 Å². The van der Waals surface area contributed by atoms with Gasteiger partial charge in [0.1, 0.15) is 0 Å². The number of hydrogen-bond donors (Lipinski definition) is 2. The van der Waals surface area contributed by atoms with Crippen molar-refractivity contribution in [2.75, 3.05) is 19.5 Å². The summed E-state index contributed by atoms with van der Waals surface area (Å²) in [6.45, 7) is 1.93. The number of aliphatic carboxylic acids is 1. The van der Waals surface area contributed by atoms with Crippen LogP contribution >= 0.6 is 11.6 Å². The number of rotatable bonds is 2. The molecule has 0 spiro atoms. The van der Waals surface area contributed by atoms with Crippen LogP contribution in [-0.4, -0.2) is 30.5 Å². The molecular weight excluding hydrogens is 142 g/mol. The van der Waals surface area contributed by atoms with Crippen LogP contribution in [0.2, 0.25) is 0 Å². The second-order valence-corrected chi connectivity index (χ2v) is 1.73. The number of alkyl halides is 1. The van der Waals surface area contributed by atoms with Gasteiger partial charge in [-0.05, 0) is 7.05 Å². The highest BCUT2D eigenvalue weighted by Gasteiger charge is 1.86. The van der Waals surface area contributed by atoms with Crippen molar-refractivity contribution in [3.63, 3.8) is 0 Å². The molecule has 0 aromatic carbocycles. The third kappa shape index (κ3) is 34.1. The molecule has 0 rings (SSSR count). The van der Waals surface area contributed by atoms with Crippen molar-refractivity contribution in [3.05, 3.63) is 0 Å². The second-order valence-electron chi connectivity index (χ2n) is 1.19. The Morgan fingerprint density at radius 3 is 2.11 bits per heavy atom. The third-order valence-electron chi connectivity index (χ3n) is 0.328. The molecule has 56 valence electrons. The summed E-state index contributed by atoms with van der Waals surface area (Å²) in [6, 6.07) is 0. The number of hydrogen-bond acceptors (Lipinski definition) is 2. The van der Waals surface area contributed by atoms with Gasteiger partial charge in [-0.1, -0.05) is 6.92 Å². The maximum Gasteiger partial charge on any atom is 0.317 e. The van der Waals surface area contributed by atoms with Crippen molar-refractivity contribution in [3.8, 4) is 0 Å². The summed E-state index contributed by atoms with van der Waals surface area (Å²) < 4.78 is 0. The Kier molecular flexibility index (Phi) is 13.6. The van der Waals surface area contributed by atoms with E-state index in [4.69, 9.17) is 16.7 Å². The zero-order chi connectivity index (χ0) is 7.70. The Hall–Kier alpha value is -0.280. The van der Waals surface area contributed by atoms with Gasteiger partial charge < -0.3 is 10.4 Å². The fourth-order valence-electron chi connectivity index (χ4n) is 0.151. The minimum atomic E-state index is -0.822. The van der Waals surface area contributed by atoms with Gasteiger partial charge in [0.2, 0.25) is 0 Å². The van der Waals surface area contributed by atoms with Gasteiger partial charge in [-0.3, -0.25) is 4.79 Å². The number of nitrogens with one attached hydrogen (secondary N) is 1. The lowest BCUT2D eigenvalue weighted by Crippen LogP contribution is -2.16. The Morgan fingerprint density at radius 1 is 1.78 bits per heavy atom. The molecule has 0 amide bonds. The van der Waals surface area contributed by atoms with E-state index >= 15 is 0 Å². The third-order valence-corrected chi connectivity index (χ3v) is 0.328. The quantitative estimate of drug-likeness (QED) is 0.570. The maximum absolute atomic E-state index is 9.54. The van der Waals surface area contributed by atoms with E-state index in [0.717, 1.165) is 5.88 Å². The van der Waals surface area contributed by atoms with Gasteiger partial charge in [0, 0.05) is 5.88 Å². The van der Waals surface area contributed by atoms with E-state index in [2.05, 4.69) is 5.32 Å². The molecule has 0 aromatic rings. The summed E-state index contributed by atoms with van der Waals surface area (Å²) in [5, 5.41) is 10.3. The molecule has 0 atom stereocenters. The molecule has 4 heteroatoms. The Morgan fingerprint density at radius 2 is 2.11 bits per heavy atom. The van der Waals surface area contributed by atoms with Crippen molar-refractivity contribution in [2.45, 2.75) is 6.92 Å². The fourth-order valence-corrected chi connectivity index (χ4v) is 0.151. The Balaban J connectivity index is 0. The molecule has 0 aliphatic rings. The summed E-state index contributed by atoms with van der Waals surface area (Å²) in [5.41, 5.74) is 0. The van der Waals surface area contributed by atoms with E-state index in [-0.39, 0.29) is 6.54 Å². The van der Waals surface area contributed by atoms with Gasteiger partial charge in [-0.15, -0.1) is 11.6 Å². The van der Waals surface area contributed by atoms with Crippen molar-refractivity contribution >= 4 is 17.6 Å². The van der Waals surface area contributed by atoms with Crippen LogP contribution in [0.1, 0.15) is 6.92 Å². The molecule has 2 N–H and O–H groups in total. The van der Waals surface area contributed by atoms with Gasteiger partial charge in [0.15, 0.2) is 0 Å². The van der Waals surface area contributed by atoms with E-state index in [1.807, 2.05) is 6.92 Å². The maximum atomic E-state index is 9.54. The average Bonchev–Trinajstić information content (AvgIpc) is 1.67. The smallest absolute Gasteiger partial charge is 0.317 e. The molecule has 0 bridgehead atoms. The highest BCUT2D eigenvalue weighted by atomic mass is 35.5. The van der Waals surface area contributed by atoms with Crippen LogP contribution < -0.4 is 5.32 Å². The molecule has 0 aliphatic carbocycles. The van der Waals surface area contributed by atoms with Crippen LogP contribution in [0.25, 0.3) is 0 Å². The molecule has 0 saturated heterocycles. The minimum Gasteiger partial charge on any atom is -0.480 e. The van der Waals surface area contributed by atoms with Gasteiger partial charge >= 0.3 is 5.97 Å². The SMILES string of the molecule is CCCl.CNCC(=O)O. The number of carboxylic acids is 1. The lowest BCUT2D eigenvalue weighted by atomic mass is 10.7. The summed E-state index contributed by atoms with van der Waals surface area (Å²) in [4.78, 5) is 9.54. The highest BCUT2D eigenvalue weighted by Crippen LogP contribution is 1.59. The fraction of sp³-hybridized carbons (Fsp3) is 0.800. The molecular formula is C5H12ClNO2. The summed E-state index contributed by atoms with van der Waals surface area (Å²) in [6.07, 6.45) is 0. The van der Waals surface area contributed by atoms with Crippen molar-refractivity contribution in [2.24, 2.45) is 0 Å². The Labute approximate surface area is 60.0 Å². The van der Waals surface area contributed by atoms with E-state index < -0.39 is 5.97 Å². The topological polar surface area (TPSA) is 49.3 Å². The lowest BCUT2D eigenvalue weighted by Gasteiger charge is -1.84. The van der Waals surface area contributed by atoms with Crippen molar-refractivity contribution < 1.29 is 9.90 Å². The first-order valence-corrected chi connectivity index (χ1v) is 3.14. The first-order chi connectivity index (χ1) is 4.18. The number of halogens is 1. The zero-order valence-corrected chi connectivity index (χ0v) is 6.40. The summed E-state index contributed by atoms with van der Waals surface area (Å²) in [5.74, 6) is -0.0995. The van der Waals surface area contributed by atoms with Crippen LogP contribution in [0.3, 0.4) is 0 Å². The number of carbonyl (C=O) groups is 1. The van der Waals surface area contributed by atoms with Gasteiger partial charge in [-0.25, -0.2) is 0 Å². The van der Waals surface area contributed by atoms with Gasteiger partial charge in [0.25, 0.3) is 0 Å². The molecule has 0 aromatic heterocycles. The van der Waals surface area contributed by atoms with Gasteiger partial charge in [0.05, 0.1) is 6.54 Å². The van der Waals surface area contributed by atoms with Gasteiger partial charge in [-0.2, -0.15) is 0 Å². The first-order valence-electron chi connectivity index (χ1n) is 2.61. The molecule has 0 radical (unpaired) electrons. The largest absolute Gasteiger partial charge is 0.480 e. The van der Waals surface area contributed by atoms with Crippen LogP contribution in [0.15, 0.2) is 0 Å². The zero-order valence-electron chi connectivity index (χ0n) is 5.65. The molecule has 0 fully saturated rings. The summed E-state index contributed by atoms with van der Waals surface area (Å²) >= 11 is 5.00. The van der Waals surface area contributed by atoms with E-state index in [9.17, 15) is 4.79 Å². The van der Waals surface area contributed by atoms with E-state index in [1.54, 1.807) is 7.05 Å². The molecule has 0 aliphatic heterocycles. The first kappa shape index (κ1) is 11.5. The molecule has 0 heterocycles. The van der Waals surface area contributed by atoms with Crippen LogP contribution in [0, 0.1) is 0 Å². The van der Waals surface area contributed by atoms with Crippen molar-refractivity contribution in [1.29, 1.82) is 0 Å². The van der Waals surface area contributed by atoms with Crippen molar-refractivity contribution in [1.82, 2.24) is 5.32 Å². The normalized spacial score (nSPS) is 7.44. The molecule has 0 saturated carbocycles. The number of carboxylic acid groups (broad SMARTS) is 1. The minimum absolute atomic E-state index is 0.0417. The monoisotopic (exact) mass is 153 g/mol. The van der Waals surface area contributed by atoms with E-state index in [1.165, 1.54) is 0 Å². The predicted molar refractivity (Wildman–Crippen MR) is 38.0 cm³/mol. The van der Waals surface area contributed by atoms with Crippen LogP contribution in [0.5, 0.6) is 0 Å². The van der Waals surface area contributed by atoms with Crippen LogP contribution in [-0.2, 0) is 4.79 Å². The lowest BCUT2D eigenvalue weighted by molar-refractivity contribution is -0.135. The molecule has 3 nitrogen and oxygen atoms in total. The summed E-state index contributed by atoms with van der Waals surface area (Å²) in [7, 11) is 1.59. The standard InChI is InChI=1S/C3H7NO2.C2H5Cl/c1-4-2-3(5)6;1-2-3/h4H,2H2,1H3,(H,5,6);2H2,1H3. The predicted octanol–water partition coefficient (Wildman–Crippen LogP) is 0.535. The number of likely N-dealkylation sites (N-methyl/N-ethyl adjacent to an activating group) is 1. The molecule has 9 heavy (non-hydrogen) atoms.